The van der Waals surface area contributed by atoms with E-state index in [1.807, 2.05) is 12.1 Å². The average molecular weight is 370 g/mol. The third-order valence-corrected chi connectivity index (χ3v) is 6.18. The van der Waals surface area contributed by atoms with Crippen LogP contribution in [0.3, 0.4) is 0 Å². The molecule has 1 N–H and O–H groups in total. The Bertz CT molecular complexity index is 806. The molecule has 2 aliphatic rings. The summed E-state index contributed by atoms with van der Waals surface area (Å²) in [7, 11) is 0. The van der Waals surface area contributed by atoms with Crippen molar-refractivity contribution < 1.29 is 14.3 Å². The average Bonchev–Trinajstić information content (AvgIpc) is 2.95. The Morgan fingerprint density at radius 3 is 2.48 bits per heavy atom. The number of rotatable bonds is 4. The minimum atomic E-state index is -0.914. The number of hydrogen-bond donors (Lipinski definition) is 1. The van der Waals surface area contributed by atoms with E-state index in [9.17, 15) is 14.3 Å². The van der Waals surface area contributed by atoms with Gasteiger partial charge >= 0.3 is 5.97 Å². The minimum Gasteiger partial charge on any atom is -0.476 e. The van der Waals surface area contributed by atoms with Gasteiger partial charge in [-0.05, 0) is 56.2 Å². The number of carboxylic acids is 1. The number of aromatic carboxylic acids is 1. The van der Waals surface area contributed by atoms with E-state index in [0.29, 0.717) is 6.04 Å². The van der Waals surface area contributed by atoms with Crippen LogP contribution in [-0.2, 0) is 12.8 Å². The van der Waals surface area contributed by atoms with Crippen LogP contribution in [-0.4, -0.2) is 20.9 Å². The van der Waals surface area contributed by atoms with E-state index in [1.54, 1.807) is 0 Å². The minimum absolute atomic E-state index is 0.222. The van der Waals surface area contributed by atoms with Gasteiger partial charge in [0.1, 0.15) is 5.82 Å². The van der Waals surface area contributed by atoms with Crippen LogP contribution in [0.5, 0.6) is 0 Å². The van der Waals surface area contributed by atoms with Crippen LogP contribution >= 0.6 is 0 Å². The van der Waals surface area contributed by atoms with Crippen LogP contribution in [0.1, 0.15) is 90.6 Å². The van der Waals surface area contributed by atoms with Crippen LogP contribution in [0.2, 0.25) is 0 Å². The van der Waals surface area contributed by atoms with Crippen molar-refractivity contribution in [3.8, 4) is 0 Å². The highest BCUT2D eigenvalue weighted by atomic mass is 19.1. The molecule has 0 radical (unpaired) electrons. The van der Waals surface area contributed by atoms with E-state index >= 15 is 0 Å². The Kier molecular flexibility index (Phi) is 5.28. The van der Waals surface area contributed by atoms with Crippen molar-refractivity contribution in [2.75, 3.05) is 0 Å². The maximum Gasteiger partial charge on any atom is 0.356 e. The Morgan fingerprint density at radius 1 is 1.07 bits per heavy atom. The Morgan fingerprint density at radius 2 is 1.78 bits per heavy atom. The molecule has 2 aromatic rings. The fourth-order valence-corrected chi connectivity index (χ4v) is 4.87. The molecule has 0 aliphatic heterocycles. The van der Waals surface area contributed by atoms with Crippen molar-refractivity contribution in [3.05, 3.63) is 52.6 Å². The SMILES string of the molecule is O=C(O)c1nn(C2CCCCC2)c2c1CCCC[C@@H]2Cc1ccc(F)cc1. The van der Waals surface area contributed by atoms with Gasteiger partial charge in [-0.25, -0.2) is 9.18 Å². The lowest BCUT2D eigenvalue weighted by molar-refractivity contribution is 0.0687. The van der Waals surface area contributed by atoms with Gasteiger partial charge in [0.15, 0.2) is 5.69 Å². The molecule has 144 valence electrons. The number of fused-ring (bicyclic) bond motifs is 1. The van der Waals surface area contributed by atoms with E-state index in [2.05, 4.69) is 9.78 Å². The van der Waals surface area contributed by atoms with Crippen molar-refractivity contribution >= 4 is 5.97 Å². The molecule has 1 fully saturated rings. The number of benzene rings is 1. The molecule has 1 saturated carbocycles. The highest BCUT2D eigenvalue weighted by Gasteiger charge is 2.32. The first-order valence-electron chi connectivity index (χ1n) is 10.2. The highest BCUT2D eigenvalue weighted by Crippen LogP contribution is 2.39. The van der Waals surface area contributed by atoms with Crippen LogP contribution in [0.4, 0.5) is 4.39 Å². The first kappa shape index (κ1) is 18.2. The summed E-state index contributed by atoms with van der Waals surface area (Å²) in [6.07, 6.45) is 10.5. The van der Waals surface area contributed by atoms with Gasteiger partial charge in [-0.15, -0.1) is 0 Å². The number of hydrogen-bond acceptors (Lipinski definition) is 2. The second kappa shape index (κ2) is 7.83. The summed E-state index contributed by atoms with van der Waals surface area (Å²) < 4.78 is 15.4. The fourth-order valence-electron chi connectivity index (χ4n) is 4.87. The molecular formula is C22H27FN2O2. The normalized spacial score (nSPS) is 20.9. The van der Waals surface area contributed by atoms with Crippen molar-refractivity contribution in [3.63, 3.8) is 0 Å². The van der Waals surface area contributed by atoms with Crippen molar-refractivity contribution in [2.24, 2.45) is 0 Å². The predicted octanol–water partition coefficient (Wildman–Crippen LogP) is 5.28. The lowest BCUT2D eigenvalue weighted by Crippen LogP contribution is -2.19. The molecule has 2 aliphatic carbocycles. The summed E-state index contributed by atoms with van der Waals surface area (Å²) in [5, 5.41) is 14.4. The second-order valence-electron chi connectivity index (χ2n) is 8.03. The zero-order valence-electron chi connectivity index (χ0n) is 15.7. The predicted molar refractivity (Wildman–Crippen MR) is 102 cm³/mol. The zero-order valence-corrected chi connectivity index (χ0v) is 15.7. The highest BCUT2D eigenvalue weighted by molar-refractivity contribution is 5.87. The molecule has 1 atom stereocenters. The third-order valence-electron chi connectivity index (χ3n) is 6.18. The molecule has 5 heteroatoms. The summed E-state index contributed by atoms with van der Waals surface area (Å²) in [5.41, 5.74) is 3.43. The topological polar surface area (TPSA) is 55.1 Å². The summed E-state index contributed by atoms with van der Waals surface area (Å²) in [6, 6.07) is 7.02. The quantitative estimate of drug-likeness (QED) is 0.745. The van der Waals surface area contributed by atoms with Gasteiger partial charge in [0, 0.05) is 17.2 Å². The standard InChI is InChI=1S/C22H27FN2O2/c23-17-12-10-15(11-13-17)14-16-6-4-5-9-19-20(22(26)27)24-25(21(16)19)18-7-2-1-3-8-18/h10-13,16,18H,1-9,14H2,(H,26,27)/t16-/m1/s1. The second-order valence-corrected chi connectivity index (χ2v) is 8.03. The van der Waals surface area contributed by atoms with E-state index in [4.69, 9.17) is 0 Å². The van der Waals surface area contributed by atoms with E-state index in [-0.39, 0.29) is 17.4 Å². The van der Waals surface area contributed by atoms with Crippen LogP contribution < -0.4 is 0 Å². The van der Waals surface area contributed by atoms with Crippen LogP contribution in [0.25, 0.3) is 0 Å². The maximum atomic E-state index is 13.3. The van der Waals surface area contributed by atoms with E-state index < -0.39 is 5.97 Å². The van der Waals surface area contributed by atoms with Gasteiger partial charge in [0.2, 0.25) is 0 Å². The van der Waals surface area contributed by atoms with Gasteiger partial charge in [0.05, 0.1) is 6.04 Å². The fraction of sp³-hybridized carbons (Fsp3) is 0.545. The monoisotopic (exact) mass is 370 g/mol. The lowest BCUT2D eigenvalue weighted by atomic mass is 9.89. The molecule has 4 rings (SSSR count). The van der Waals surface area contributed by atoms with Crippen LogP contribution in [0, 0.1) is 5.82 Å². The maximum absolute atomic E-state index is 13.3. The Labute approximate surface area is 159 Å². The molecule has 1 aromatic carbocycles. The molecule has 0 spiro atoms. The van der Waals surface area contributed by atoms with E-state index in [0.717, 1.165) is 61.8 Å². The van der Waals surface area contributed by atoms with Crippen molar-refractivity contribution in [1.29, 1.82) is 0 Å². The summed E-state index contributed by atoms with van der Waals surface area (Å²) in [6.45, 7) is 0. The largest absolute Gasteiger partial charge is 0.476 e. The van der Waals surface area contributed by atoms with Gasteiger partial charge in [0.25, 0.3) is 0 Å². The first-order chi connectivity index (χ1) is 13.1. The summed E-state index contributed by atoms with van der Waals surface area (Å²) in [4.78, 5) is 11.9. The van der Waals surface area contributed by atoms with Crippen LogP contribution in [0.15, 0.2) is 24.3 Å². The van der Waals surface area contributed by atoms with Gasteiger partial charge in [-0.3, -0.25) is 4.68 Å². The van der Waals surface area contributed by atoms with Crippen molar-refractivity contribution in [2.45, 2.75) is 76.2 Å². The third kappa shape index (κ3) is 3.78. The Balaban J connectivity index is 1.75. The zero-order chi connectivity index (χ0) is 18.8. The summed E-state index contributed by atoms with van der Waals surface area (Å²) >= 11 is 0. The molecule has 0 bridgehead atoms. The van der Waals surface area contributed by atoms with Gasteiger partial charge in [-0.1, -0.05) is 37.8 Å². The number of carbonyl (C=O) groups is 1. The summed E-state index contributed by atoms with van der Waals surface area (Å²) in [5.74, 6) is -0.889. The molecule has 1 heterocycles. The number of carboxylic acid groups (broad SMARTS) is 1. The van der Waals surface area contributed by atoms with Gasteiger partial charge < -0.3 is 5.11 Å². The number of aromatic nitrogens is 2. The van der Waals surface area contributed by atoms with Gasteiger partial charge in [-0.2, -0.15) is 5.10 Å². The first-order valence-corrected chi connectivity index (χ1v) is 10.2. The molecular weight excluding hydrogens is 343 g/mol. The number of halogens is 1. The molecule has 0 unspecified atom stereocenters. The molecule has 1 aromatic heterocycles. The smallest absolute Gasteiger partial charge is 0.356 e. The molecule has 4 nitrogen and oxygen atoms in total. The van der Waals surface area contributed by atoms with Crippen molar-refractivity contribution in [1.82, 2.24) is 9.78 Å². The Hall–Kier alpha value is -2.17. The number of nitrogens with zero attached hydrogens (tertiary/aromatic N) is 2. The molecule has 0 saturated heterocycles. The van der Waals surface area contributed by atoms with E-state index in [1.165, 1.54) is 31.4 Å². The lowest BCUT2D eigenvalue weighted by Gasteiger charge is -2.27. The molecule has 0 amide bonds. The molecule has 27 heavy (non-hydrogen) atoms.